The Kier molecular flexibility index (Phi) is 6.82. The highest BCUT2D eigenvalue weighted by atomic mass is 16.5. The Morgan fingerprint density at radius 1 is 1.06 bits per heavy atom. The third-order valence-electron chi connectivity index (χ3n) is 5.98. The van der Waals surface area contributed by atoms with Crippen LogP contribution in [0.5, 0.6) is 5.75 Å². The molecule has 1 aliphatic rings. The van der Waals surface area contributed by atoms with E-state index in [2.05, 4.69) is 9.88 Å². The minimum atomic E-state index is -0.904. The van der Waals surface area contributed by atoms with Crippen LogP contribution >= 0.6 is 0 Å². The minimum absolute atomic E-state index is 0.0412. The normalized spacial score (nSPS) is 15.8. The van der Waals surface area contributed by atoms with Crippen LogP contribution in [0.3, 0.4) is 0 Å². The van der Waals surface area contributed by atoms with Gasteiger partial charge in [0.25, 0.3) is 5.56 Å². The first kappa shape index (κ1) is 23.0. The van der Waals surface area contributed by atoms with E-state index in [0.717, 1.165) is 17.7 Å². The molecule has 1 aliphatic heterocycles. The predicted molar refractivity (Wildman–Crippen MR) is 124 cm³/mol. The van der Waals surface area contributed by atoms with Gasteiger partial charge in [0.2, 0.25) is 5.95 Å². The third-order valence-corrected chi connectivity index (χ3v) is 5.98. The van der Waals surface area contributed by atoms with E-state index in [1.54, 1.807) is 11.6 Å². The highest BCUT2D eigenvalue weighted by Crippen LogP contribution is 2.22. The molecule has 1 atom stereocenters. The zero-order chi connectivity index (χ0) is 23.5. The number of β-amino-alcohol motifs (C(OH)–C–C–N with tert-alkyl or cyclic N) is 1. The Hall–Kier alpha value is -3.15. The number of aromatic nitrogens is 4. The van der Waals surface area contributed by atoms with E-state index in [4.69, 9.17) is 4.74 Å². The number of fused-ring (bicyclic) bond motifs is 1. The first-order valence-electron chi connectivity index (χ1n) is 11.0. The van der Waals surface area contributed by atoms with Crippen LogP contribution in [0.1, 0.15) is 0 Å². The summed E-state index contributed by atoms with van der Waals surface area (Å²) in [4.78, 5) is 34.4. The molecule has 0 unspecified atom stereocenters. The van der Waals surface area contributed by atoms with Crippen molar-refractivity contribution in [1.29, 1.82) is 0 Å². The Morgan fingerprint density at radius 3 is 2.42 bits per heavy atom. The van der Waals surface area contributed by atoms with Crippen LogP contribution in [-0.4, -0.2) is 85.8 Å². The minimum Gasteiger partial charge on any atom is -0.491 e. The van der Waals surface area contributed by atoms with E-state index in [0.29, 0.717) is 31.3 Å². The molecule has 3 aromatic rings. The molecule has 2 N–H and O–H groups in total. The van der Waals surface area contributed by atoms with Crippen LogP contribution in [0.15, 0.2) is 39.9 Å². The summed E-state index contributed by atoms with van der Waals surface area (Å²) in [7, 11) is 3.02. The predicted octanol–water partition coefficient (Wildman–Crippen LogP) is -1.01. The Balaban J connectivity index is 1.67. The Labute approximate surface area is 190 Å². The summed E-state index contributed by atoms with van der Waals surface area (Å²) < 4.78 is 9.78. The summed E-state index contributed by atoms with van der Waals surface area (Å²) in [5, 5.41) is 20.0. The van der Waals surface area contributed by atoms with Gasteiger partial charge >= 0.3 is 5.69 Å². The van der Waals surface area contributed by atoms with E-state index in [9.17, 15) is 19.8 Å². The highest BCUT2D eigenvalue weighted by molar-refractivity contribution is 5.74. The van der Waals surface area contributed by atoms with Gasteiger partial charge in [0.1, 0.15) is 18.5 Å². The molecule has 4 rings (SSSR count). The monoisotopic (exact) mass is 458 g/mol. The SMILES string of the molecule is Cn1c(=O)c2c(nc(N3CCN(CCO)CC3)n2C[C@@H](O)COc2ccccc2)n(C)c1=O. The van der Waals surface area contributed by atoms with Gasteiger partial charge in [-0.25, -0.2) is 4.79 Å². The number of hydrogen-bond acceptors (Lipinski definition) is 8. The molecule has 0 radical (unpaired) electrons. The lowest BCUT2D eigenvalue weighted by molar-refractivity contribution is 0.0934. The van der Waals surface area contributed by atoms with E-state index >= 15 is 0 Å². The van der Waals surface area contributed by atoms with Crippen molar-refractivity contribution in [2.45, 2.75) is 12.6 Å². The summed E-state index contributed by atoms with van der Waals surface area (Å²) in [6.45, 7) is 3.60. The van der Waals surface area contributed by atoms with Gasteiger partial charge in [0, 0.05) is 46.8 Å². The summed E-state index contributed by atoms with van der Waals surface area (Å²) in [5.74, 6) is 1.18. The lowest BCUT2D eigenvalue weighted by Gasteiger charge is -2.35. The quantitative estimate of drug-likeness (QED) is 0.441. The summed E-state index contributed by atoms with van der Waals surface area (Å²) in [5.41, 5.74) is -0.357. The van der Waals surface area contributed by atoms with Gasteiger partial charge in [-0.05, 0) is 12.1 Å². The molecule has 2 aromatic heterocycles. The second kappa shape index (κ2) is 9.77. The number of aliphatic hydroxyl groups is 2. The van der Waals surface area contributed by atoms with E-state index in [1.807, 2.05) is 35.2 Å². The fraction of sp³-hybridized carbons (Fsp3) is 0.500. The van der Waals surface area contributed by atoms with Crippen molar-refractivity contribution in [3.05, 3.63) is 51.2 Å². The molecule has 0 amide bonds. The second-order valence-corrected chi connectivity index (χ2v) is 8.23. The summed E-state index contributed by atoms with van der Waals surface area (Å²) >= 11 is 0. The average molecular weight is 459 g/mol. The van der Waals surface area contributed by atoms with Crippen molar-refractivity contribution in [2.75, 3.05) is 50.8 Å². The maximum atomic E-state index is 13.0. The molecule has 0 bridgehead atoms. The first-order chi connectivity index (χ1) is 15.9. The first-order valence-corrected chi connectivity index (χ1v) is 11.0. The van der Waals surface area contributed by atoms with Crippen molar-refractivity contribution < 1.29 is 14.9 Å². The molecule has 1 saturated heterocycles. The molecule has 0 aliphatic carbocycles. The molecule has 0 spiro atoms. The maximum Gasteiger partial charge on any atom is 0.332 e. The summed E-state index contributed by atoms with van der Waals surface area (Å²) in [6, 6.07) is 9.20. The molecule has 3 heterocycles. The fourth-order valence-corrected chi connectivity index (χ4v) is 4.13. The third kappa shape index (κ3) is 4.65. The molecule has 1 fully saturated rings. The number of rotatable bonds is 8. The van der Waals surface area contributed by atoms with Crippen LogP contribution in [-0.2, 0) is 20.6 Å². The lowest BCUT2D eigenvalue weighted by atomic mass is 10.3. The van der Waals surface area contributed by atoms with E-state index < -0.39 is 17.4 Å². The van der Waals surface area contributed by atoms with Crippen LogP contribution in [0, 0.1) is 0 Å². The van der Waals surface area contributed by atoms with Crippen molar-refractivity contribution in [1.82, 2.24) is 23.6 Å². The second-order valence-electron chi connectivity index (χ2n) is 8.23. The number of imidazole rings is 1. The fourth-order valence-electron chi connectivity index (χ4n) is 4.13. The van der Waals surface area contributed by atoms with Gasteiger partial charge in [-0.2, -0.15) is 4.98 Å². The zero-order valence-electron chi connectivity index (χ0n) is 18.9. The Bertz CT molecular complexity index is 1210. The van der Waals surface area contributed by atoms with Crippen molar-refractivity contribution in [3.8, 4) is 5.75 Å². The van der Waals surface area contributed by atoms with Crippen molar-refractivity contribution in [2.24, 2.45) is 14.1 Å². The lowest BCUT2D eigenvalue weighted by Crippen LogP contribution is -2.48. The number of benzene rings is 1. The van der Waals surface area contributed by atoms with Crippen LogP contribution in [0.4, 0.5) is 5.95 Å². The average Bonchev–Trinajstić information content (AvgIpc) is 3.20. The van der Waals surface area contributed by atoms with Gasteiger partial charge in [-0.3, -0.25) is 18.8 Å². The molecule has 1 aromatic carbocycles. The standard InChI is InChI=1S/C22H30N6O5/c1-24-19-18(20(31)25(2)22(24)32)28(14-16(30)15-33-17-6-4-3-5-7-17)21(23-19)27-10-8-26(9-11-27)12-13-29/h3-7,16,29-30H,8-15H2,1-2H3/t16-/m1/s1. The van der Waals surface area contributed by atoms with Crippen molar-refractivity contribution >= 4 is 17.1 Å². The summed E-state index contributed by atoms with van der Waals surface area (Å²) in [6.07, 6.45) is -0.904. The smallest absolute Gasteiger partial charge is 0.332 e. The van der Waals surface area contributed by atoms with Gasteiger partial charge in [0.15, 0.2) is 11.2 Å². The number of aliphatic hydroxyl groups excluding tert-OH is 2. The highest BCUT2D eigenvalue weighted by Gasteiger charge is 2.26. The van der Waals surface area contributed by atoms with Crippen LogP contribution in [0.2, 0.25) is 0 Å². The molecule has 0 saturated carbocycles. The van der Waals surface area contributed by atoms with Gasteiger partial charge in [-0.1, -0.05) is 18.2 Å². The number of aryl methyl sites for hydroxylation is 1. The number of nitrogens with zero attached hydrogens (tertiary/aromatic N) is 6. The van der Waals surface area contributed by atoms with Gasteiger partial charge < -0.3 is 24.4 Å². The van der Waals surface area contributed by atoms with Gasteiger partial charge in [-0.15, -0.1) is 0 Å². The van der Waals surface area contributed by atoms with Crippen LogP contribution in [0.25, 0.3) is 11.2 Å². The topological polar surface area (TPSA) is 118 Å². The largest absolute Gasteiger partial charge is 0.491 e. The molecule has 11 heteroatoms. The number of ether oxygens (including phenoxy) is 1. The Morgan fingerprint density at radius 2 is 1.76 bits per heavy atom. The number of para-hydroxylation sites is 1. The molecule has 178 valence electrons. The van der Waals surface area contributed by atoms with Crippen LogP contribution < -0.4 is 20.9 Å². The zero-order valence-corrected chi connectivity index (χ0v) is 18.9. The molecular weight excluding hydrogens is 428 g/mol. The molecule has 33 heavy (non-hydrogen) atoms. The van der Waals surface area contributed by atoms with E-state index in [1.165, 1.54) is 11.6 Å². The number of hydrogen-bond donors (Lipinski definition) is 2. The molecular formula is C22H30N6O5. The van der Waals surface area contributed by atoms with Crippen molar-refractivity contribution in [3.63, 3.8) is 0 Å². The number of piperazine rings is 1. The van der Waals surface area contributed by atoms with E-state index in [-0.39, 0.29) is 30.9 Å². The molecule has 11 nitrogen and oxygen atoms in total. The maximum absolute atomic E-state index is 13.0. The van der Waals surface area contributed by atoms with Gasteiger partial charge in [0.05, 0.1) is 13.2 Å². The number of anilines is 1.